The second-order valence-electron chi connectivity index (χ2n) is 6.13. The number of benzene rings is 2. The van der Waals surface area contributed by atoms with E-state index < -0.39 is 0 Å². The van der Waals surface area contributed by atoms with Gasteiger partial charge in [0.05, 0.1) is 19.8 Å². The van der Waals surface area contributed by atoms with Crippen LogP contribution in [0, 0.1) is 0 Å². The van der Waals surface area contributed by atoms with Gasteiger partial charge in [-0.2, -0.15) is 0 Å². The predicted octanol–water partition coefficient (Wildman–Crippen LogP) is 2.74. The fraction of sp³-hybridized carbons (Fsp3) is 0.350. The number of carbonyl (C=O) groups excluding carboxylic acids is 1. The molecule has 0 aromatic heterocycles. The van der Waals surface area contributed by atoms with Crippen molar-refractivity contribution in [3.05, 3.63) is 59.2 Å². The lowest BCUT2D eigenvalue weighted by molar-refractivity contribution is 0.0950. The quantitative estimate of drug-likeness (QED) is 0.801. The summed E-state index contributed by atoms with van der Waals surface area (Å²) in [5.41, 5.74) is 2.95. The van der Waals surface area contributed by atoms with Gasteiger partial charge in [-0.05, 0) is 49.8 Å². The molecule has 0 aliphatic rings. The Morgan fingerprint density at radius 3 is 2.48 bits per heavy atom. The van der Waals surface area contributed by atoms with Gasteiger partial charge in [0.1, 0.15) is 11.5 Å². The van der Waals surface area contributed by atoms with Crippen molar-refractivity contribution in [1.82, 2.24) is 10.2 Å². The molecule has 0 heterocycles. The van der Waals surface area contributed by atoms with Gasteiger partial charge in [-0.1, -0.05) is 24.3 Å². The minimum absolute atomic E-state index is 0.166. The lowest BCUT2D eigenvalue weighted by atomic mass is 10.1. The van der Waals surface area contributed by atoms with E-state index in [-0.39, 0.29) is 5.91 Å². The van der Waals surface area contributed by atoms with Gasteiger partial charge in [0.25, 0.3) is 5.91 Å². The van der Waals surface area contributed by atoms with Gasteiger partial charge in [-0.3, -0.25) is 4.79 Å². The summed E-state index contributed by atoms with van der Waals surface area (Å²) in [6.45, 7) is 1.46. The average Bonchev–Trinajstić information content (AvgIpc) is 2.60. The maximum absolute atomic E-state index is 12.4. The van der Waals surface area contributed by atoms with Gasteiger partial charge in [0.15, 0.2) is 0 Å². The van der Waals surface area contributed by atoms with Crippen molar-refractivity contribution in [2.45, 2.75) is 13.0 Å². The summed E-state index contributed by atoms with van der Waals surface area (Å²) in [5, 5.41) is 2.95. The van der Waals surface area contributed by atoms with Crippen molar-refractivity contribution >= 4 is 5.91 Å². The molecule has 5 nitrogen and oxygen atoms in total. The van der Waals surface area contributed by atoms with Crippen molar-refractivity contribution in [1.29, 1.82) is 0 Å². The van der Waals surface area contributed by atoms with E-state index in [0.717, 1.165) is 13.0 Å². The Balaban J connectivity index is 1.97. The topological polar surface area (TPSA) is 50.8 Å². The zero-order valence-corrected chi connectivity index (χ0v) is 15.3. The number of hydrogen-bond acceptors (Lipinski definition) is 4. The zero-order valence-electron chi connectivity index (χ0n) is 15.3. The van der Waals surface area contributed by atoms with Crippen molar-refractivity contribution in [3.63, 3.8) is 0 Å². The molecule has 0 aliphatic heterocycles. The number of hydrogen-bond donors (Lipinski definition) is 1. The number of carbonyl (C=O) groups is 1. The van der Waals surface area contributed by atoms with Crippen LogP contribution in [-0.4, -0.2) is 45.7 Å². The number of ether oxygens (including phenoxy) is 2. The molecule has 2 aromatic rings. The Hall–Kier alpha value is -2.53. The van der Waals surface area contributed by atoms with E-state index in [1.54, 1.807) is 32.4 Å². The summed E-state index contributed by atoms with van der Waals surface area (Å²) in [5.74, 6) is 0.994. The van der Waals surface area contributed by atoms with Crippen LogP contribution < -0.4 is 14.8 Å². The molecule has 1 N–H and O–H groups in total. The van der Waals surface area contributed by atoms with Crippen molar-refractivity contribution in [3.8, 4) is 11.5 Å². The van der Waals surface area contributed by atoms with Gasteiger partial charge < -0.3 is 19.7 Å². The second kappa shape index (κ2) is 9.08. The Morgan fingerprint density at radius 2 is 1.80 bits per heavy atom. The van der Waals surface area contributed by atoms with Crippen LogP contribution in [0.15, 0.2) is 42.5 Å². The summed E-state index contributed by atoms with van der Waals surface area (Å²) < 4.78 is 10.4. The molecule has 134 valence electrons. The van der Waals surface area contributed by atoms with Gasteiger partial charge in [0.2, 0.25) is 0 Å². The van der Waals surface area contributed by atoms with Crippen LogP contribution in [0.4, 0.5) is 0 Å². The number of nitrogens with one attached hydrogen (secondary N) is 1. The monoisotopic (exact) mass is 342 g/mol. The molecule has 0 atom stereocenters. The SMILES string of the molecule is COc1ccc(OC)c(C(=O)NCCc2cccc(CN(C)C)c2)c1. The fourth-order valence-corrected chi connectivity index (χ4v) is 2.66. The molecule has 0 unspecified atom stereocenters. The van der Waals surface area contributed by atoms with Crippen molar-refractivity contribution in [2.24, 2.45) is 0 Å². The number of amides is 1. The summed E-state index contributed by atoms with van der Waals surface area (Å²) in [4.78, 5) is 14.6. The predicted molar refractivity (Wildman–Crippen MR) is 99.4 cm³/mol. The molecule has 2 rings (SSSR count). The first-order valence-electron chi connectivity index (χ1n) is 8.26. The van der Waals surface area contributed by atoms with E-state index in [1.807, 2.05) is 0 Å². The second-order valence-corrected chi connectivity index (χ2v) is 6.13. The van der Waals surface area contributed by atoms with Gasteiger partial charge in [0, 0.05) is 13.1 Å². The molecular formula is C20H26N2O3. The van der Waals surface area contributed by atoms with Crippen LogP contribution in [0.25, 0.3) is 0 Å². The van der Waals surface area contributed by atoms with E-state index in [9.17, 15) is 4.79 Å². The molecule has 0 fully saturated rings. The molecule has 1 amide bonds. The van der Waals surface area contributed by atoms with Crippen LogP contribution in [0.3, 0.4) is 0 Å². The van der Waals surface area contributed by atoms with E-state index in [4.69, 9.17) is 9.47 Å². The van der Waals surface area contributed by atoms with Gasteiger partial charge in [-0.25, -0.2) is 0 Å². The molecule has 0 saturated heterocycles. The maximum Gasteiger partial charge on any atom is 0.255 e. The molecule has 0 radical (unpaired) electrons. The molecular weight excluding hydrogens is 316 g/mol. The minimum atomic E-state index is -0.166. The Labute approximate surface area is 149 Å². The highest BCUT2D eigenvalue weighted by molar-refractivity contribution is 5.97. The maximum atomic E-state index is 12.4. The third-order valence-corrected chi connectivity index (χ3v) is 3.84. The number of nitrogens with zero attached hydrogens (tertiary/aromatic N) is 1. The fourth-order valence-electron chi connectivity index (χ4n) is 2.66. The Morgan fingerprint density at radius 1 is 1.04 bits per heavy atom. The largest absolute Gasteiger partial charge is 0.497 e. The highest BCUT2D eigenvalue weighted by Gasteiger charge is 2.13. The van der Waals surface area contributed by atoms with E-state index in [1.165, 1.54) is 11.1 Å². The number of rotatable bonds is 8. The molecule has 2 aromatic carbocycles. The van der Waals surface area contributed by atoms with Crippen LogP contribution in [0.2, 0.25) is 0 Å². The highest BCUT2D eigenvalue weighted by atomic mass is 16.5. The third-order valence-electron chi connectivity index (χ3n) is 3.84. The van der Waals surface area contributed by atoms with Gasteiger partial charge >= 0.3 is 0 Å². The Bertz CT molecular complexity index is 714. The number of methoxy groups -OCH3 is 2. The first-order valence-corrected chi connectivity index (χ1v) is 8.26. The first kappa shape index (κ1) is 18.8. The highest BCUT2D eigenvalue weighted by Crippen LogP contribution is 2.23. The molecule has 0 spiro atoms. The molecule has 0 saturated carbocycles. The standard InChI is InChI=1S/C20H26N2O3/c1-22(2)14-16-7-5-6-15(12-16)10-11-21-20(23)18-13-17(24-3)8-9-19(18)25-4/h5-9,12-13H,10-11,14H2,1-4H3,(H,21,23). The van der Waals surface area contributed by atoms with Crippen molar-refractivity contribution < 1.29 is 14.3 Å². The van der Waals surface area contributed by atoms with Gasteiger partial charge in [-0.15, -0.1) is 0 Å². The molecule has 0 bridgehead atoms. The minimum Gasteiger partial charge on any atom is -0.497 e. The summed E-state index contributed by atoms with van der Waals surface area (Å²) in [6, 6.07) is 13.6. The summed E-state index contributed by atoms with van der Waals surface area (Å²) in [7, 11) is 7.22. The molecule has 0 aliphatic carbocycles. The molecule has 5 heteroatoms. The van der Waals surface area contributed by atoms with Crippen molar-refractivity contribution in [2.75, 3.05) is 34.9 Å². The van der Waals surface area contributed by atoms with E-state index in [0.29, 0.717) is 23.6 Å². The first-order chi connectivity index (χ1) is 12.0. The lowest BCUT2D eigenvalue weighted by Gasteiger charge is -2.12. The van der Waals surface area contributed by atoms with Crippen LogP contribution in [0.1, 0.15) is 21.5 Å². The average molecular weight is 342 g/mol. The smallest absolute Gasteiger partial charge is 0.255 e. The molecule has 25 heavy (non-hydrogen) atoms. The van der Waals surface area contributed by atoms with E-state index >= 15 is 0 Å². The van der Waals surface area contributed by atoms with Crippen LogP contribution in [0.5, 0.6) is 11.5 Å². The Kier molecular flexibility index (Phi) is 6.83. The summed E-state index contributed by atoms with van der Waals surface area (Å²) in [6.07, 6.45) is 0.777. The normalized spacial score (nSPS) is 10.6. The van der Waals surface area contributed by atoms with Crippen LogP contribution >= 0.6 is 0 Å². The lowest BCUT2D eigenvalue weighted by Crippen LogP contribution is -2.26. The zero-order chi connectivity index (χ0) is 18.2. The third kappa shape index (κ3) is 5.50. The van der Waals surface area contributed by atoms with Crippen LogP contribution in [-0.2, 0) is 13.0 Å². The van der Waals surface area contributed by atoms with E-state index in [2.05, 4.69) is 48.6 Å². The summed E-state index contributed by atoms with van der Waals surface area (Å²) >= 11 is 0.